The highest BCUT2D eigenvalue weighted by Gasteiger charge is 2.08. The number of anilines is 1. The van der Waals surface area contributed by atoms with Gasteiger partial charge < -0.3 is 10.0 Å². The molecule has 0 radical (unpaired) electrons. The first kappa shape index (κ1) is 12.6. The molecule has 1 aromatic rings. The van der Waals surface area contributed by atoms with Crippen LogP contribution in [0.25, 0.3) is 0 Å². The minimum atomic E-state index is -0.858. The monoisotopic (exact) mass is 239 g/mol. The molecule has 0 atom stereocenters. The Morgan fingerprint density at radius 1 is 1.44 bits per heavy atom. The summed E-state index contributed by atoms with van der Waals surface area (Å²) in [5, 5.41) is 8.80. The SMILES string of the molecule is Cc1ccc(N(C/C=C/Cl)CC(=O)O)cc1. The number of hydrogen-bond acceptors (Lipinski definition) is 2. The van der Waals surface area contributed by atoms with Gasteiger partial charge in [-0.1, -0.05) is 35.4 Å². The summed E-state index contributed by atoms with van der Waals surface area (Å²) in [6.07, 6.45) is 1.71. The molecule has 4 heteroatoms. The van der Waals surface area contributed by atoms with E-state index >= 15 is 0 Å². The summed E-state index contributed by atoms with van der Waals surface area (Å²) >= 11 is 5.44. The molecular formula is C12H14ClNO2. The van der Waals surface area contributed by atoms with Crippen LogP contribution in [0.4, 0.5) is 5.69 Å². The maximum atomic E-state index is 10.7. The van der Waals surface area contributed by atoms with E-state index in [1.165, 1.54) is 5.54 Å². The minimum Gasteiger partial charge on any atom is -0.480 e. The Morgan fingerprint density at radius 2 is 2.06 bits per heavy atom. The number of aryl methyl sites for hydroxylation is 1. The summed E-state index contributed by atoms with van der Waals surface area (Å²) in [5.74, 6) is -0.858. The zero-order valence-electron chi connectivity index (χ0n) is 9.06. The van der Waals surface area contributed by atoms with Gasteiger partial charge in [0.2, 0.25) is 0 Å². The van der Waals surface area contributed by atoms with E-state index in [1.807, 2.05) is 31.2 Å². The lowest BCUT2D eigenvalue weighted by molar-refractivity contribution is -0.135. The molecule has 0 spiro atoms. The lowest BCUT2D eigenvalue weighted by Gasteiger charge is -2.21. The fraction of sp³-hybridized carbons (Fsp3) is 0.250. The van der Waals surface area contributed by atoms with Crippen molar-refractivity contribution in [2.45, 2.75) is 6.92 Å². The van der Waals surface area contributed by atoms with Gasteiger partial charge in [0.15, 0.2) is 0 Å². The highest BCUT2D eigenvalue weighted by molar-refractivity contribution is 6.25. The number of carboxylic acids is 1. The highest BCUT2D eigenvalue weighted by atomic mass is 35.5. The van der Waals surface area contributed by atoms with E-state index < -0.39 is 5.97 Å². The van der Waals surface area contributed by atoms with Gasteiger partial charge in [-0.25, -0.2) is 0 Å². The van der Waals surface area contributed by atoms with Crippen LogP contribution in [0.2, 0.25) is 0 Å². The van der Waals surface area contributed by atoms with Crippen LogP contribution in [-0.4, -0.2) is 24.2 Å². The second kappa shape index (κ2) is 6.18. The third-order valence-electron chi connectivity index (χ3n) is 2.14. The van der Waals surface area contributed by atoms with E-state index in [2.05, 4.69) is 0 Å². The number of halogens is 1. The van der Waals surface area contributed by atoms with Crippen LogP contribution in [-0.2, 0) is 4.79 Å². The molecule has 1 aromatic carbocycles. The van der Waals surface area contributed by atoms with Gasteiger partial charge in [0.1, 0.15) is 6.54 Å². The molecule has 1 rings (SSSR count). The highest BCUT2D eigenvalue weighted by Crippen LogP contribution is 2.14. The van der Waals surface area contributed by atoms with Crippen molar-refractivity contribution in [3.8, 4) is 0 Å². The van der Waals surface area contributed by atoms with Crippen molar-refractivity contribution in [2.75, 3.05) is 18.0 Å². The number of carbonyl (C=O) groups is 1. The first-order valence-electron chi connectivity index (χ1n) is 4.92. The van der Waals surface area contributed by atoms with Crippen LogP contribution < -0.4 is 4.90 Å². The van der Waals surface area contributed by atoms with Crippen molar-refractivity contribution in [2.24, 2.45) is 0 Å². The lowest BCUT2D eigenvalue weighted by Crippen LogP contribution is -2.29. The standard InChI is InChI=1S/C12H14ClNO2/c1-10-3-5-11(6-4-10)14(8-2-7-13)9-12(15)16/h2-7H,8-9H2,1H3,(H,15,16)/b7-2+. The number of aliphatic carboxylic acids is 1. The second-order valence-electron chi connectivity index (χ2n) is 3.47. The molecule has 3 nitrogen and oxygen atoms in total. The number of benzene rings is 1. The van der Waals surface area contributed by atoms with Gasteiger partial charge in [0, 0.05) is 17.8 Å². The van der Waals surface area contributed by atoms with Gasteiger partial charge in [-0.15, -0.1) is 0 Å². The third kappa shape index (κ3) is 3.95. The zero-order chi connectivity index (χ0) is 12.0. The summed E-state index contributed by atoms with van der Waals surface area (Å²) in [6, 6.07) is 7.71. The molecule has 16 heavy (non-hydrogen) atoms. The lowest BCUT2D eigenvalue weighted by atomic mass is 10.2. The molecule has 0 aliphatic rings. The van der Waals surface area contributed by atoms with Crippen molar-refractivity contribution in [3.63, 3.8) is 0 Å². The van der Waals surface area contributed by atoms with Gasteiger partial charge in [0.05, 0.1) is 0 Å². The quantitative estimate of drug-likeness (QED) is 0.859. The van der Waals surface area contributed by atoms with E-state index in [1.54, 1.807) is 11.0 Å². The van der Waals surface area contributed by atoms with E-state index in [-0.39, 0.29) is 6.54 Å². The summed E-state index contributed by atoms with van der Waals surface area (Å²) in [5.41, 5.74) is 3.41. The summed E-state index contributed by atoms with van der Waals surface area (Å²) in [7, 11) is 0. The van der Waals surface area contributed by atoms with Crippen molar-refractivity contribution >= 4 is 23.3 Å². The molecular weight excluding hydrogens is 226 g/mol. The van der Waals surface area contributed by atoms with Gasteiger partial charge in [-0.2, -0.15) is 0 Å². The van der Waals surface area contributed by atoms with Crippen LogP contribution in [0.3, 0.4) is 0 Å². The van der Waals surface area contributed by atoms with Crippen molar-refractivity contribution in [1.82, 2.24) is 0 Å². The fourth-order valence-corrected chi connectivity index (χ4v) is 1.43. The molecule has 0 aliphatic heterocycles. The van der Waals surface area contributed by atoms with Gasteiger partial charge in [0.25, 0.3) is 0 Å². The van der Waals surface area contributed by atoms with Crippen molar-refractivity contribution in [1.29, 1.82) is 0 Å². The number of rotatable bonds is 5. The smallest absolute Gasteiger partial charge is 0.323 e. The molecule has 0 aromatic heterocycles. The van der Waals surface area contributed by atoms with Gasteiger partial charge in [-0.05, 0) is 19.1 Å². The third-order valence-corrected chi connectivity index (χ3v) is 2.32. The molecule has 0 bridgehead atoms. The number of nitrogens with zero attached hydrogens (tertiary/aromatic N) is 1. The largest absolute Gasteiger partial charge is 0.480 e. The average Bonchev–Trinajstić information content (AvgIpc) is 2.25. The van der Waals surface area contributed by atoms with E-state index in [9.17, 15) is 4.79 Å². The molecule has 0 fully saturated rings. The first-order valence-corrected chi connectivity index (χ1v) is 5.35. The second-order valence-corrected chi connectivity index (χ2v) is 3.72. The van der Waals surface area contributed by atoms with Crippen molar-refractivity contribution in [3.05, 3.63) is 41.4 Å². The normalized spacial score (nSPS) is 10.6. The number of hydrogen-bond donors (Lipinski definition) is 1. The number of carboxylic acid groups (broad SMARTS) is 1. The first-order chi connectivity index (χ1) is 7.63. The molecule has 0 unspecified atom stereocenters. The Bertz CT molecular complexity index is 373. The van der Waals surface area contributed by atoms with E-state index in [0.29, 0.717) is 6.54 Å². The summed E-state index contributed by atoms with van der Waals surface area (Å²) < 4.78 is 0. The average molecular weight is 240 g/mol. The van der Waals surface area contributed by atoms with Crippen LogP contribution in [0.1, 0.15) is 5.56 Å². The van der Waals surface area contributed by atoms with Crippen LogP contribution in [0, 0.1) is 6.92 Å². The Labute approximate surface area is 100.0 Å². The molecule has 0 saturated heterocycles. The molecule has 0 amide bonds. The van der Waals surface area contributed by atoms with Crippen LogP contribution in [0.5, 0.6) is 0 Å². The van der Waals surface area contributed by atoms with Crippen LogP contribution >= 0.6 is 11.6 Å². The molecule has 0 aliphatic carbocycles. The summed E-state index contributed by atoms with van der Waals surface area (Å²) in [6.45, 7) is 2.44. The fourth-order valence-electron chi connectivity index (χ4n) is 1.35. The minimum absolute atomic E-state index is 0.0374. The summed E-state index contributed by atoms with van der Waals surface area (Å²) in [4.78, 5) is 12.5. The Balaban J connectivity index is 2.82. The van der Waals surface area contributed by atoms with Crippen LogP contribution in [0.15, 0.2) is 35.9 Å². The molecule has 0 heterocycles. The molecule has 0 saturated carbocycles. The predicted molar refractivity (Wildman–Crippen MR) is 66.0 cm³/mol. The maximum absolute atomic E-state index is 10.7. The predicted octanol–water partition coefficient (Wildman–Crippen LogP) is 2.64. The Hall–Kier alpha value is -1.48. The van der Waals surface area contributed by atoms with Gasteiger partial charge >= 0.3 is 5.97 Å². The molecule has 86 valence electrons. The van der Waals surface area contributed by atoms with Gasteiger partial charge in [-0.3, -0.25) is 4.79 Å². The Morgan fingerprint density at radius 3 is 2.56 bits per heavy atom. The zero-order valence-corrected chi connectivity index (χ0v) is 9.81. The van der Waals surface area contributed by atoms with E-state index in [0.717, 1.165) is 11.3 Å². The van der Waals surface area contributed by atoms with E-state index in [4.69, 9.17) is 16.7 Å². The van der Waals surface area contributed by atoms with Crippen molar-refractivity contribution < 1.29 is 9.90 Å². The topological polar surface area (TPSA) is 40.5 Å². The maximum Gasteiger partial charge on any atom is 0.323 e. The molecule has 1 N–H and O–H groups in total. The Kier molecular flexibility index (Phi) is 4.86.